The van der Waals surface area contributed by atoms with E-state index in [0.29, 0.717) is 17.5 Å². The molecule has 0 bridgehead atoms. The Morgan fingerprint density at radius 2 is 0.680 bits per heavy atom. The van der Waals surface area contributed by atoms with Gasteiger partial charge in [-0.05, 0) is 117 Å². The van der Waals surface area contributed by atoms with Crippen LogP contribution in [-0.2, 0) is 5.41 Å². The molecule has 75 heavy (non-hydrogen) atoms. The van der Waals surface area contributed by atoms with E-state index in [1.165, 1.54) is 66.3 Å². The van der Waals surface area contributed by atoms with Gasteiger partial charge in [0.05, 0.1) is 33.2 Å². The molecule has 1 spiro atoms. The van der Waals surface area contributed by atoms with Crippen LogP contribution in [0.3, 0.4) is 0 Å². The van der Waals surface area contributed by atoms with Crippen molar-refractivity contribution >= 4 is 43.6 Å². The summed E-state index contributed by atoms with van der Waals surface area (Å²) in [6.45, 7) is 0. The molecular formula is C70H43N5. The van der Waals surface area contributed by atoms with Gasteiger partial charge in [0, 0.05) is 49.5 Å². The quantitative estimate of drug-likeness (QED) is 0.167. The van der Waals surface area contributed by atoms with Crippen molar-refractivity contribution < 1.29 is 0 Å². The Morgan fingerprint density at radius 3 is 1.28 bits per heavy atom. The van der Waals surface area contributed by atoms with Crippen LogP contribution in [0, 0.1) is 0 Å². The number of nitrogens with zero attached hydrogens (tertiary/aromatic N) is 5. The second kappa shape index (κ2) is 16.0. The molecular weight excluding hydrogens is 911 g/mol. The molecule has 0 saturated heterocycles. The van der Waals surface area contributed by atoms with Crippen LogP contribution in [0.25, 0.3) is 123 Å². The molecule has 5 nitrogen and oxygen atoms in total. The molecule has 0 fully saturated rings. The van der Waals surface area contributed by atoms with E-state index in [9.17, 15) is 0 Å². The van der Waals surface area contributed by atoms with Crippen molar-refractivity contribution in [3.63, 3.8) is 0 Å². The van der Waals surface area contributed by atoms with Gasteiger partial charge in [0.2, 0.25) is 0 Å². The van der Waals surface area contributed by atoms with Crippen LogP contribution >= 0.6 is 0 Å². The van der Waals surface area contributed by atoms with Crippen molar-refractivity contribution in [1.82, 2.24) is 24.1 Å². The molecule has 3 heterocycles. The van der Waals surface area contributed by atoms with Gasteiger partial charge in [-0.1, -0.05) is 194 Å². The summed E-state index contributed by atoms with van der Waals surface area (Å²) in [5, 5.41) is 4.71. The van der Waals surface area contributed by atoms with Crippen molar-refractivity contribution in [2.24, 2.45) is 0 Å². The number of aromatic nitrogens is 5. The second-order valence-corrected chi connectivity index (χ2v) is 19.8. The van der Waals surface area contributed by atoms with E-state index in [1.807, 2.05) is 36.4 Å². The van der Waals surface area contributed by atoms with E-state index < -0.39 is 5.41 Å². The third-order valence-electron chi connectivity index (χ3n) is 16.0. The monoisotopic (exact) mass is 953 g/mol. The molecule has 2 aliphatic rings. The average molecular weight is 954 g/mol. The van der Waals surface area contributed by atoms with Crippen LogP contribution in [0.15, 0.2) is 261 Å². The highest BCUT2D eigenvalue weighted by atomic mass is 15.0. The maximum atomic E-state index is 5.21. The molecule has 16 rings (SSSR count). The SMILES string of the molecule is c1ccc(-c2nc(-c3ccccc3)nc(-c3ccc4c(c3)c3cc(-c5ccc6c(c5)c5ccccc5n6-c5ccccc5)ccc3n4-c3cccc4c3-c3ccccc3C43c4ccccc4-c4ccccc43)n2)cc1. The predicted molar refractivity (Wildman–Crippen MR) is 307 cm³/mol. The Kier molecular flexibility index (Phi) is 8.89. The molecule has 3 aromatic heterocycles. The lowest BCUT2D eigenvalue weighted by Crippen LogP contribution is -2.25. The minimum atomic E-state index is -0.470. The van der Waals surface area contributed by atoms with Crippen molar-refractivity contribution in [1.29, 1.82) is 0 Å². The molecule has 11 aromatic carbocycles. The van der Waals surface area contributed by atoms with E-state index in [1.54, 1.807) is 0 Å². The number of fused-ring (bicyclic) bond motifs is 16. The minimum absolute atomic E-state index is 0.470. The summed E-state index contributed by atoms with van der Waals surface area (Å²) in [6, 6.07) is 94.7. The van der Waals surface area contributed by atoms with Crippen LogP contribution in [0.5, 0.6) is 0 Å². The maximum Gasteiger partial charge on any atom is 0.164 e. The van der Waals surface area contributed by atoms with E-state index in [0.717, 1.165) is 61.0 Å². The zero-order chi connectivity index (χ0) is 49.2. The third-order valence-corrected chi connectivity index (χ3v) is 16.0. The first kappa shape index (κ1) is 41.6. The van der Waals surface area contributed by atoms with Crippen molar-refractivity contribution in [3.05, 3.63) is 283 Å². The zero-order valence-corrected chi connectivity index (χ0v) is 40.6. The number of benzene rings is 11. The molecule has 0 aliphatic heterocycles. The summed E-state index contributed by atoms with van der Waals surface area (Å²) in [5.41, 5.74) is 21.9. The second-order valence-electron chi connectivity index (χ2n) is 19.8. The first-order valence-electron chi connectivity index (χ1n) is 25.7. The highest BCUT2D eigenvalue weighted by molar-refractivity contribution is 6.14. The summed E-state index contributed by atoms with van der Waals surface area (Å²) in [5.74, 6) is 1.89. The Hall–Kier alpha value is -9.97. The molecule has 348 valence electrons. The van der Waals surface area contributed by atoms with Gasteiger partial charge in [-0.2, -0.15) is 0 Å². The highest BCUT2D eigenvalue weighted by Gasteiger charge is 2.52. The van der Waals surface area contributed by atoms with E-state index in [2.05, 4.69) is 234 Å². The van der Waals surface area contributed by atoms with Crippen LogP contribution in [0.2, 0.25) is 0 Å². The van der Waals surface area contributed by atoms with Gasteiger partial charge in [0.25, 0.3) is 0 Å². The fourth-order valence-corrected chi connectivity index (χ4v) is 12.9. The first-order chi connectivity index (χ1) is 37.2. The van der Waals surface area contributed by atoms with E-state index in [4.69, 9.17) is 15.0 Å². The molecule has 0 radical (unpaired) electrons. The molecule has 0 amide bonds. The third kappa shape index (κ3) is 5.98. The Balaban J connectivity index is 0.955. The van der Waals surface area contributed by atoms with E-state index >= 15 is 0 Å². The molecule has 0 N–H and O–H groups in total. The van der Waals surface area contributed by atoms with Gasteiger partial charge in [-0.15, -0.1) is 0 Å². The number of rotatable bonds is 6. The van der Waals surface area contributed by atoms with Crippen LogP contribution in [0.4, 0.5) is 0 Å². The summed E-state index contributed by atoms with van der Waals surface area (Å²) in [7, 11) is 0. The van der Waals surface area contributed by atoms with Crippen molar-refractivity contribution in [2.75, 3.05) is 0 Å². The summed E-state index contributed by atoms with van der Waals surface area (Å²) < 4.78 is 4.89. The van der Waals surface area contributed by atoms with Gasteiger partial charge in [-0.25, -0.2) is 15.0 Å². The Morgan fingerprint density at radius 1 is 0.267 bits per heavy atom. The fraction of sp³-hybridized carbons (Fsp3) is 0.0143. The Labute approximate surface area is 433 Å². The number of hydrogen-bond acceptors (Lipinski definition) is 3. The van der Waals surface area contributed by atoms with Gasteiger partial charge in [0.15, 0.2) is 17.5 Å². The van der Waals surface area contributed by atoms with Gasteiger partial charge in [-0.3, -0.25) is 0 Å². The predicted octanol–water partition coefficient (Wildman–Crippen LogP) is 17.1. The lowest BCUT2D eigenvalue weighted by atomic mass is 9.70. The minimum Gasteiger partial charge on any atom is -0.309 e. The molecule has 2 aliphatic carbocycles. The fourth-order valence-electron chi connectivity index (χ4n) is 12.9. The number of para-hydroxylation sites is 2. The maximum absolute atomic E-state index is 5.21. The van der Waals surface area contributed by atoms with Gasteiger partial charge < -0.3 is 9.13 Å². The lowest BCUT2D eigenvalue weighted by Gasteiger charge is -2.30. The smallest absolute Gasteiger partial charge is 0.164 e. The molecule has 5 heteroatoms. The normalized spacial score (nSPS) is 12.9. The summed E-state index contributed by atoms with van der Waals surface area (Å²) in [6.07, 6.45) is 0. The first-order valence-corrected chi connectivity index (χ1v) is 25.7. The van der Waals surface area contributed by atoms with Crippen LogP contribution in [-0.4, -0.2) is 24.1 Å². The molecule has 0 unspecified atom stereocenters. The topological polar surface area (TPSA) is 48.5 Å². The van der Waals surface area contributed by atoms with Gasteiger partial charge in [0.1, 0.15) is 0 Å². The van der Waals surface area contributed by atoms with Gasteiger partial charge >= 0.3 is 0 Å². The van der Waals surface area contributed by atoms with Crippen molar-refractivity contribution in [2.45, 2.75) is 5.41 Å². The zero-order valence-electron chi connectivity index (χ0n) is 40.6. The standard InChI is InChI=1S/C70H43N5/c1-4-19-44(20-5-1)67-71-68(45-21-6-2-7-22-45)73-69(72-67)48-37-40-64-56(43-48)55-42-47(46-35-38-62-54(41-46)52-27-13-17-33-61(52)74(62)49-23-8-3-9-24-49)36-39-63(55)75(64)65-34-18-32-60-66(65)53-28-12-16-31-59(53)70(60)57-29-14-10-25-50(57)51-26-11-15-30-58(51)70/h1-43H. The molecule has 14 aromatic rings. The average Bonchev–Trinajstić information content (AvgIpc) is 4.20. The lowest BCUT2D eigenvalue weighted by molar-refractivity contribution is 0.793. The number of hydrogen-bond donors (Lipinski definition) is 0. The summed E-state index contributed by atoms with van der Waals surface area (Å²) in [4.78, 5) is 15.5. The molecule has 0 saturated carbocycles. The molecule has 0 atom stereocenters. The van der Waals surface area contributed by atoms with E-state index in [-0.39, 0.29) is 0 Å². The summed E-state index contributed by atoms with van der Waals surface area (Å²) >= 11 is 0. The Bertz CT molecular complexity index is 4540. The van der Waals surface area contributed by atoms with Crippen LogP contribution < -0.4 is 0 Å². The van der Waals surface area contributed by atoms with Crippen molar-refractivity contribution in [3.8, 4) is 78.9 Å². The highest BCUT2D eigenvalue weighted by Crippen LogP contribution is 2.63. The van der Waals surface area contributed by atoms with Crippen LogP contribution in [0.1, 0.15) is 22.3 Å². The largest absolute Gasteiger partial charge is 0.309 e.